The maximum absolute atomic E-state index is 12.7. The molecule has 162 valence electrons. The summed E-state index contributed by atoms with van der Waals surface area (Å²) in [4.78, 5) is 62.6. The van der Waals surface area contributed by atoms with Gasteiger partial charge in [0.05, 0.1) is 11.1 Å². The summed E-state index contributed by atoms with van der Waals surface area (Å²) in [5.41, 5.74) is -0.101. The Hall–Kier alpha value is -3.23. The van der Waals surface area contributed by atoms with Crippen LogP contribution >= 0.6 is 0 Å². The van der Waals surface area contributed by atoms with Gasteiger partial charge in [0.2, 0.25) is 0 Å². The molecule has 0 saturated heterocycles. The van der Waals surface area contributed by atoms with Crippen LogP contribution in [0.4, 0.5) is 4.79 Å². The summed E-state index contributed by atoms with van der Waals surface area (Å²) < 4.78 is 5.03. The first-order valence-electron chi connectivity index (χ1n) is 9.66. The monoisotopic (exact) mass is 417 g/mol. The lowest BCUT2D eigenvalue weighted by Gasteiger charge is -2.26. The highest BCUT2D eigenvalue weighted by molar-refractivity contribution is 6.22. The zero-order valence-corrected chi connectivity index (χ0v) is 17.8. The van der Waals surface area contributed by atoms with Gasteiger partial charge < -0.3 is 10.1 Å². The largest absolute Gasteiger partial charge is 0.454 e. The summed E-state index contributed by atoms with van der Waals surface area (Å²) in [5, 5.41) is 4.60. The maximum atomic E-state index is 12.7. The molecular formula is C21H27N3O6. The van der Waals surface area contributed by atoms with E-state index in [2.05, 4.69) is 10.6 Å². The summed E-state index contributed by atoms with van der Waals surface area (Å²) in [6, 6.07) is 4.42. The predicted molar refractivity (Wildman–Crippen MR) is 108 cm³/mol. The van der Waals surface area contributed by atoms with Gasteiger partial charge in [-0.15, -0.1) is 0 Å². The number of rotatable bonds is 6. The topological polar surface area (TPSA) is 122 Å². The van der Waals surface area contributed by atoms with E-state index >= 15 is 0 Å². The van der Waals surface area contributed by atoms with Crippen molar-refractivity contribution in [1.82, 2.24) is 15.5 Å². The third kappa shape index (κ3) is 5.65. The van der Waals surface area contributed by atoms with Gasteiger partial charge in [-0.1, -0.05) is 26.0 Å². The van der Waals surface area contributed by atoms with Crippen molar-refractivity contribution in [3.8, 4) is 0 Å². The molecule has 2 N–H and O–H groups in total. The molecule has 9 heteroatoms. The van der Waals surface area contributed by atoms with Gasteiger partial charge in [0, 0.05) is 5.54 Å². The van der Waals surface area contributed by atoms with Crippen LogP contribution in [0.2, 0.25) is 0 Å². The number of benzene rings is 1. The van der Waals surface area contributed by atoms with E-state index in [1.807, 2.05) is 13.8 Å². The lowest BCUT2D eigenvalue weighted by Crippen LogP contribution is -2.50. The fourth-order valence-corrected chi connectivity index (χ4v) is 3.01. The van der Waals surface area contributed by atoms with Gasteiger partial charge in [-0.2, -0.15) is 0 Å². The number of fused-ring (bicyclic) bond motifs is 1. The molecule has 0 saturated carbocycles. The predicted octanol–water partition coefficient (Wildman–Crippen LogP) is 1.86. The second kappa shape index (κ2) is 9.06. The molecule has 1 aromatic rings. The lowest BCUT2D eigenvalue weighted by atomic mass is 10.0. The Labute approximate surface area is 175 Å². The number of urea groups is 1. The Kier molecular flexibility index (Phi) is 6.96. The average molecular weight is 417 g/mol. The number of nitrogens with one attached hydrogen (secondary N) is 2. The number of esters is 1. The Morgan fingerprint density at radius 2 is 1.57 bits per heavy atom. The number of carbonyl (C=O) groups excluding carboxylic acids is 5. The number of nitrogens with zero attached hydrogens (tertiary/aromatic N) is 1. The molecule has 0 spiro atoms. The molecule has 0 aromatic heterocycles. The van der Waals surface area contributed by atoms with Crippen LogP contribution in [0.1, 0.15) is 61.8 Å². The second-order valence-electron chi connectivity index (χ2n) is 8.53. The average Bonchev–Trinajstić information content (AvgIpc) is 2.87. The standard InChI is InChI=1S/C21H27N3O6/c1-12(2)10-15(24-17(26)13-8-6-7-9-14(13)18(24)27)19(28)30-11-16(25)22-20(29)23-21(3,4)5/h6-9,12,15H,10-11H2,1-5H3,(H2,22,23,25,29)/t15-/m1/s1. The molecule has 1 heterocycles. The number of hydrogen-bond acceptors (Lipinski definition) is 6. The zero-order chi connectivity index (χ0) is 22.6. The van der Waals surface area contributed by atoms with Crippen LogP contribution in [0.3, 0.4) is 0 Å². The Morgan fingerprint density at radius 3 is 2.03 bits per heavy atom. The second-order valence-corrected chi connectivity index (χ2v) is 8.53. The molecule has 0 bridgehead atoms. The highest BCUT2D eigenvalue weighted by Crippen LogP contribution is 2.27. The summed E-state index contributed by atoms with van der Waals surface area (Å²) in [5.74, 6) is -2.89. The molecule has 30 heavy (non-hydrogen) atoms. The molecule has 9 nitrogen and oxygen atoms in total. The van der Waals surface area contributed by atoms with E-state index in [4.69, 9.17) is 4.74 Å². The van der Waals surface area contributed by atoms with Crippen LogP contribution in [-0.4, -0.2) is 52.8 Å². The summed E-state index contributed by atoms with van der Waals surface area (Å²) >= 11 is 0. The van der Waals surface area contributed by atoms with Crippen LogP contribution in [0.5, 0.6) is 0 Å². The fourth-order valence-electron chi connectivity index (χ4n) is 3.01. The number of hydrogen-bond donors (Lipinski definition) is 2. The van der Waals surface area contributed by atoms with Gasteiger partial charge in [0.25, 0.3) is 17.7 Å². The smallest absolute Gasteiger partial charge is 0.329 e. The van der Waals surface area contributed by atoms with Crippen molar-refractivity contribution in [3.05, 3.63) is 35.4 Å². The van der Waals surface area contributed by atoms with Crippen molar-refractivity contribution < 1.29 is 28.7 Å². The van der Waals surface area contributed by atoms with Crippen molar-refractivity contribution in [2.45, 2.75) is 52.6 Å². The molecule has 0 radical (unpaired) electrons. The van der Waals surface area contributed by atoms with Gasteiger partial charge in [-0.25, -0.2) is 9.59 Å². The number of amides is 5. The van der Waals surface area contributed by atoms with Gasteiger partial charge in [0.15, 0.2) is 6.61 Å². The molecule has 2 rings (SSSR count). The molecule has 1 atom stereocenters. The van der Waals surface area contributed by atoms with E-state index in [-0.39, 0.29) is 23.5 Å². The molecule has 1 aromatic carbocycles. The van der Waals surface area contributed by atoms with E-state index in [1.165, 1.54) is 12.1 Å². The highest BCUT2D eigenvalue weighted by Gasteiger charge is 2.43. The first-order chi connectivity index (χ1) is 13.9. The van der Waals surface area contributed by atoms with E-state index in [9.17, 15) is 24.0 Å². The molecule has 1 aliphatic rings. The molecule has 0 fully saturated rings. The Bertz CT molecular complexity index is 837. The van der Waals surface area contributed by atoms with Crippen molar-refractivity contribution in [2.24, 2.45) is 5.92 Å². The number of carbonyl (C=O) groups is 5. The summed E-state index contributed by atoms with van der Waals surface area (Å²) in [6.45, 7) is 8.19. The minimum absolute atomic E-state index is 0.0294. The molecule has 0 aliphatic carbocycles. The fraction of sp³-hybridized carbons (Fsp3) is 0.476. The quantitative estimate of drug-likeness (QED) is 0.538. The van der Waals surface area contributed by atoms with Crippen LogP contribution in [0.25, 0.3) is 0 Å². The number of imide groups is 2. The highest BCUT2D eigenvalue weighted by atomic mass is 16.5. The molecule has 5 amide bonds. The van der Waals surface area contributed by atoms with Crippen molar-refractivity contribution in [1.29, 1.82) is 0 Å². The minimum Gasteiger partial charge on any atom is -0.454 e. The molecule has 0 unspecified atom stereocenters. The van der Waals surface area contributed by atoms with Gasteiger partial charge in [-0.05, 0) is 45.2 Å². The normalized spacial score (nSPS) is 14.4. The van der Waals surface area contributed by atoms with Crippen LogP contribution in [0, 0.1) is 5.92 Å². The van der Waals surface area contributed by atoms with Crippen LogP contribution < -0.4 is 10.6 Å². The Balaban J connectivity index is 2.07. The van der Waals surface area contributed by atoms with Gasteiger partial charge >= 0.3 is 12.0 Å². The third-order valence-corrected chi connectivity index (χ3v) is 4.19. The van der Waals surface area contributed by atoms with Crippen molar-refractivity contribution in [2.75, 3.05) is 6.61 Å². The lowest BCUT2D eigenvalue weighted by molar-refractivity contribution is -0.152. The first-order valence-corrected chi connectivity index (χ1v) is 9.66. The first kappa shape index (κ1) is 23.1. The zero-order valence-electron chi connectivity index (χ0n) is 17.8. The third-order valence-electron chi connectivity index (χ3n) is 4.19. The number of ether oxygens (including phenoxy) is 1. The Morgan fingerprint density at radius 1 is 1.03 bits per heavy atom. The van der Waals surface area contributed by atoms with Crippen molar-refractivity contribution in [3.63, 3.8) is 0 Å². The van der Waals surface area contributed by atoms with Crippen molar-refractivity contribution >= 4 is 29.7 Å². The molecule has 1 aliphatic heterocycles. The maximum Gasteiger partial charge on any atom is 0.329 e. The van der Waals surface area contributed by atoms with E-state index in [0.717, 1.165) is 4.90 Å². The molecular weight excluding hydrogens is 390 g/mol. The SMILES string of the molecule is CC(C)C[C@H](C(=O)OCC(=O)NC(=O)NC(C)(C)C)N1C(=O)c2ccccc2C1=O. The van der Waals surface area contributed by atoms with E-state index in [0.29, 0.717) is 0 Å². The van der Waals surface area contributed by atoms with Crippen LogP contribution in [-0.2, 0) is 14.3 Å². The van der Waals surface area contributed by atoms with Crippen LogP contribution in [0.15, 0.2) is 24.3 Å². The minimum atomic E-state index is -1.17. The summed E-state index contributed by atoms with van der Waals surface area (Å²) in [7, 11) is 0. The van der Waals surface area contributed by atoms with E-state index in [1.54, 1.807) is 32.9 Å². The van der Waals surface area contributed by atoms with E-state index < -0.39 is 47.9 Å². The van der Waals surface area contributed by atoms with Gasteiger partial charge in [-0.3, -0.25) is 24.6 Å². The summed E-state index contributed by atoms with van der Waals surface area (Å²) in [6.07, 6.45) is 0.177. The van der Waals surface area contributed by atoms with Gasteiger partial charge in [0.1, 0.15) is 6.04 Å².